The van der Waals surface area contributed by atoms with Gasteiger partial charge in [0.05, 0.1) is 0 Å². The highest BCUT2D eigenvalue weighted by molar-refractivity contribution is 5.94. The average molecular weight is 445 g/mol. The Bertz CT molecular complexity index is 1120. The number of halogens is 3. The molecule has 170 valence electrons. The van der Waals surface area contributed by atoms with Gasteiger partial charge in [0, 0.05) is 23.5 Å². The van der Waals surface area contributed by atoms with Crippen molar-refractivity contribution in [3.63, 3.8) is 0 Å². The molecule has 3 aromatic rings. The van der Waals surface area contributed by atoms with Crippen LogP contribution < -0.4 is 10.6 Å². The van der Waals surface area contributed by atoms with Crippen LogP contribution >= 0.6 is 0 Å². The van der Waals surface area contributed by atoms with Crippen molar-refractivity contribution in [2.24, 2.45) is 0 Å². The molecule has 0 radical (unpaired) electrons. The van der Waals surface area contributed by atoms with Crippen LogP contribution in [0.1, 0.15) is 54.7 Å². The second kappa shape index (κ2) is 9.89. The van der Waals surface area contributed by atoms with E-state index in [0.29, 0.717) is 24.2 Å². The Balaban J connectivity index is 0.00000141. The number of alkyl halides is 3. The van der Waals surface area contributed by atoms with Crippen molar-refractivity contribution in [2.45, 2.75) is 52.3 Å². The Morgan fingerprint density at radius 2 is 1.91 bits per heavy atom. The number of nitrogens with zero attached hydrogens (tertiary/aromatic N) is 2. The van der Waals surface area contributed by atoms with E-state index in [1.165, 1.54) is 10.5 Å². The van der Waals surface area contributed by atoms with Crippen LogP contribution in [0, 0.1) is 6.92 Å². The summed E-state index contributed by atoms with van der Waals surface area (Å²) in [5, 5.41) is 6.25. The minimum atomic E-state index is -4.49. The number of hydrogen-bond donors (Lipinski definition) is 2. The Morgan fingerprint density at radius 1 is 1.16 bits per heavy atom. The number of benzene rings is 1. The molecule has 1 aliphatic carbocycles. The highest BCUT2D eigenvalue weighted by atomic mass is 19.4. The summed E-state index contributed by atoms with van der Waals surface area (Å²) in [4.78, 5) is 16.1. The van der Waals surface area contributed by atoms with Crippen LogP contribution in [0.2, 0.25) is 0 Å². The number of carbonyl (C=O) groups excluding carboxylic acids is 1. The maximum absolute atomic E-state index is 13.0. The Kier molecular flexibility index (Phi) is 7.22. The predicted molar refractivity (Wildman–Crippen MR) is 120 cm³/mol. The Morgan fingerprint density at radius 3 is 2.56 bits per heavy atom. The number of aromatic nitrogens is 2. The monoisotopic (exact) mass is 444 g/mol. The van der Waals surface area contributed by atoms with Gasteiger partial charge in [0.15, 0.2) is 5.69 Å². The zero-order chi connectivity index (χ0) is 23.3. The molecule has 0 saturated carbocycles. The van der Waals surface area contributed by atoms with Crippen LogP contribution in [0.4, 0.5) is 19.0 Å². The van der Waals surface area contributed by atoms with Gasteiger partial charge >= 0.3 is 6.18 Å². The third-order valence-electron chi connectivity index (χ3n) is 5.10. The summed E-state index contributed by atoms with van der Waals surface area (Å²) in [6.07, 6.45) is 0.542. The molecule has 1 aromatic carbocycles. The average Bonchev–Trinajstić information content (AvgIpc) is 3.23. The SMILES string of the molecule is CC.Cc1cccc(C(=O)NC2CC=C(Nc3cccc4nc(C(F)(F)F)cn34)CC2)c1. The van der Waals surface area contributed by atoms with E-state index in [1.54, 1.807) is 18.2 Å². The molecule has 0 bridgehead atoms. The minimum Gasteiger partial charge on any atom is -0.349 e. The van der Waals surface area contributed by atoms with Gasteiger partial charge in [-0.1, -0.05) is 43.7 Å². The van der Waals surface area contributed by atoms with Crippen molar-refractivity contribution in [3.05, 3.63) is 77.3 Å². The molecule has 8 heteroatoms. The van der Waals surface area contributed by atoms with Crippen LogP contribution in [0.3, 0.4) is 0 Å². The molecule has 2 heterocycles. The predicted octanol–water partition coefficient (Wildman–Crippen LogP) is 5.97. The number of imidazole rings is 1. The summed E-state index contributed by atoms with van der Waals surface area (Å²) in [6.45, 7) is 5.94. The summed E-state index contributed by atoms with van der Waals surface area (Å²) in [5.74, 6) is 0.417. The number of carbonyl (C=O) groups is 1. The first-order chi connectivity index (χ1) is 15.3. The van der Waals surface area contributed by atoms with Gasteiger partial charge in [0.25, 0.3) is 5.91 Å². The van der Waals surface area contributed by atoms with Gasteiger partial charge < -0.3 is 10.6 Å². The first-order valence-corrected chi connectivity index (χ1v) is 10.7. The van der Waals surface area contributed by atoms with E-state index < -0.39 is 11.9 Å². The van der Waals surface area contributed by atoms with E-state index in [0.717, 1.165) is 23.9 Å². The van der Waals surface area contributed by atoms with Gasteiger partial charge in [-0.3, -0.25) is 9.20 Å². The third kappa shape index (κ3) is 5.49. The molecule has 0 fully saturated rings. The number of pyridine rings is 1. The summed E-state index contributed by atoms with van der Waals surface area (Å²) in [6, 6.07) is 12.4. The van der Waals surface area contributed by atoms with Crippen LogP contribution in [-0.2, 0) is 6.18 Å². The van der Waals surface area contributed by atoms with E-state index in [1.807, 2.05) is 45.0 Å². The van der Waals surface area contributed by atoms with E-state index in [9.17, 15) is 18.0 Å². The first-order valence-electron chi connectivity index (χ1n) is 10.7. The minimum absolute atomic E-state index is 0.0180. The fourth-order valence-electron chi connectivity index (χ4n) is 3.55. The second-order valence-electron chi connectivity index (χ2n) is 7.43. The molecule has 1 amide bonds. The highest BCUT2D eigenvalue weighted by Gasteiger charge is 2.34. The molecule has 0 aliphatic heterocycles. The number of rotatable bonds is 4. The molecule has 5 nitrogen and oxygen atoms in total. The van der Waals surface area contributed by atoms with Crippen LogP contribution in [0.15, 0.2) is 60.4 Å². The van der Waals surface area contributed by atoms with Crippen LogP contribution in [-0.4, -0.2) is 21.3 Å². The van der Waals surface area contributed by atoms with Crippen molar-refractivity contribution in [1.29, 1.82) is 0 Å². The molecule has 2 N–H and O–H groups in total. The molecule has 0 saturated heterocycles. The molecule has 2 aromatic heterocycles. The number of aryl methyl sites for hydroxylation is 1. The van der Waals surface area contributed by atoms with Gasteiger partial charge in [0.1, 0.15) is 11.5 Å². The van der Waals surface area contributed by atoms with Crippen LogP contribution in [0.25, 0.3) is 5.65 Å². The lowest BCUT2D eigenvalue weighted by atomic mass is 9.98. The number of hydrogen-bond acceptors (Lipinski definition) is 3. The first kappa shape index (κ1) is 23.4. The number of fused-ring (bicyclic) bond motifs is 1. The molecule has 32 heavy (non-hydrogen) atoms. The lowest BCUT2D eigenvalue weighted by Crippen LogP contribution is -2.36. The van der Waals surface area contributed by atoms with Gasteiger partial charge in [-0.2, -0.15) is 13.2 Å². The number of allylic oxidation sites excluding steroid dienone is 1. The normalized spacial score (nSPS) is 16.1. The van der Waals surface area contributed by atoms with Gasteiger partial charge in [-0.05, 0) is 50.5 Å². The van der Waals surface area contributed by atoms with E-state index in [2.05, 4.69) is 15.6 Å². The molecule has 0 spiro atoms. The molecule has 4 rings (SSSR count). The smallest absolute Gasteiger partial charge is 0.349 e. The van der Waals surface area contributed by atoms with Gasteiger partial charge in [0.2, 0.25) is 0 Å². The van der Waals surface area contributed by atoms with E-state index in [4.69, 9.17) is 0 Å². The standard InChI is InChI=1S/C22H21F3N4O.C2H6/c1-14-4-2-5-15(12-14)21(30)27-17-10-8-16(9-11-17)26-19-6-3-7-20-28-18(13-29(19)20)22(23,24)25;1-2/h2-8,12-13,17,26H,9-11H2,1H3,(H,27,30);1-2H3. The van der Waals surface area contributed by atoms with E-state index >= 15 is 0 Å². The Labute approximate surface area is 185 Å². The summed E-state index contributed by atoms with van der Waals surface area (Å²) in [7, 11) is 0. The van der Waals surface area contributed by atoms with Crippen molar-refractivity contribution in [3.8, 4) is 0 Å². The topological polar surface area (TPSA) is 58.4 Å². The largest absolute Gasteiger partial charge is 0.434 e. The summed E-state index contributed by atoms with van der Waals surface area (Å²) in [5.41, 5.74) is 1.88. The van der Waals surface area contributed by atoms with Crippen molar-refractivity contribution in [1.82, 2.24) is 14.7 Å². The molecular formula is C24H27F3N4O. The zero-order valence-electron chi connectivity index (χ0n) is 18.3. The zero-order valence-corrected chi connectivity index (χ0v) is 18.3. The van der Waals surface area contributed by atoms with Gasteiger partial charge in [-0.25, -0.2) is 4.98 Å². The van der Waals surface area contributed by atoms with E-state index in [-0.39, 0.29) is 17.6 Å². The second-order valence-corrected chi connectivity index (χ2v) is 7.43. The molecule has 1 unspecified atom stereocenters. The maximum Gasteiger partial charge on any atom is 0.434 e. The molecule has 1 atom stereocenters. The fraction of sp³-hybridized carbons (Fsp3) is 0.333. The number of amides is 1. The maximum atomic E-state index is 13.0. The molecule has 1 aliphatic rings. The Hall–Kier alpha value is -3.29. The van der Waals surface area contributed by atoms with Crippen molar-refractivity contribution >= 4 is 17.4 Å². The summed E-state index contributed by atoms with van der Waals surface area (Å²) < 4.78 is 40.3. The fourth-order valence-corrected chi connectivity index (χ4v) is 3.55. The number of anilines is 1. The lowest BCUT2D eigenvalue weighted by Gasteiger charge is -2.24. The van der Waals surface area contributed by atoms with Crippen LogP contribution in [0.5, 0.6) is 0 Å². The summed E-state index contributed by atoms with van der Waals surface area (Å²) >= 11 is 0. The lowest BCUT2D eigenvalue weighted by molar-refractivity contribution is -0.140. The molecular weight excluding hydrogens is 417 g/mol. The highest BCUT2D eigenvalue weighted by Crippen LogP contribution is 2.30. The van der Waals surface area contributed by atoms with Gasteiger partial charge in [-0.15, -0.1) is 0 Å². The van der Waals surface area contributed by atoms with Crippen molar-refractivity contribution < 1.29 is 18.0 Å². The van der Waals surface area contributed by atoms with Crippen molar-refractivity contribution in [2.75, 3.05) is 5.32 Å². The quantitative estimate of drug-likeness (QED) is 0.522. The number of nitrogens with one attached hydrogen (secondary N) is 2. The third-order valence-corrected chi connectivity index (χ3v) is 5.10.